The summed E-state index contributed by atoms with van der Waals surface area (Å²) in [6.07, 6.45) is 0. The van der Waals surface area contributed by atoms with Crippen LogP contribution in [0.1, 0.15) is 19.4 Å². The Bertz CT molecular complexity index is 284. The van der Waals surface area contributed by atoms with Crippen LogP contribution in [-0.2, 0) is 5.41 Å². The van der Waals surface area contributed by atoms with Crippen molar-refractivity contribution in [3.8, 4) is 0 Å². The van der Waals surface area contributed by atoms with E-state index in [2.05, 4.69) is 6.92 Å². The molecule has 0 aliphatic rings. The Balaban J connectivity index is 3.19. The predicted octanol–water partition coefficient (Wildman–Crippen LogP) is 3.08. The van der Waals surface area contributed by atoms with Crippen molar-refractivity contribution in [3.05, 3.63) is 42.3 Å². The summed E-state index contributed by atoms with van der Waals surface area (Å²) in [5.74, 6) is -1.09. The van der Waals surface area contributed by atoms with Gasteiger partial charge in [-0.25, -0.2) is 8.78 Å². The van der Waals surface area contributed by atoms with Crippen LogP contribution < -0.4 is 0 Å². The third-order valence-corrected chi connectivity index (χ3v) is 1.66. The van der Waals surface area contributed by atoms with Gasteiger partial charge in [-0.3, -0.25) is 0 Å². The molecule has 0 aliphatic carbocycles. The molecule has 0 aliphatic heterocycles. The SMILES string of the molecule is [CH2]C(C)(C)c1ccc(F)cc1F. The van der Waals surface area contributed by atoms with E-state index in [9.17, 15) is 8.78 Å². The van der Waals surface area contributed by atoms with Crippen molar-refractivity contribution < 1.29 is 8.78 Å². The summed E-state index contributed by atoms with van der Waals surface area (Å²) in [5, 5.41) is 0. The highest BCUT2D eigenvalue weighted by Gasteiger charge is 2.18. The van der Waals surface area contributed by atoms with E-state index >= 15 is 0 Å². The van der Waals surface area contributed by atoms with Crippen LogP contribution >= 0.6 is 0 Å². The fourth-order valence-corrected chi connectivity index (χ4v) is 1.04. The van der Waals surface area contributed by atoms with Crippen molar-refractivity contribution >= 4 is 0 Å². The van der Waals surface area contributed by atoms with E-state index in [0.717, 1.165) is 6.07 Å². The van der Waals surface area contributed by atoms with Crippen LogP contribution in [0.4, 0.5) is 8.78 Å². The molecule has 0 spiro atoms. The zero-order valence-electron chi connectivity index (χ0n) is 7.20. The topological polar surface area (TPSA) is 0 Å². The van der Waals surface area contributed by atoms with Crippen LogP contribution in [-0.4, -0.2) is 0 Å². The van der Waals surface area contributed by atoms with E-state index in [1.54, 1.807) is 13.8 Å². The molecule has 1 aromatic rings. The quantitative estimate of drug-likeness (QED) is 0.606. The van der Waals surface area contributed by atoms with Gasteiger partial charge in [-0.1, -0.05) is 19.9 Å². The molecule has 1 radical (unpaired) electrons. The van der Waals surface area contributed by atoms with Crippen LogP contribution in [0.5, 0.6) is 0 Å². The average Bonchev–Trinajstić information content (AvgIpc) is 1.83. The summed E-state index contributed by atoms with van der Waals surface area (Å²) < 4.78 is 25.5. The predicted molar refractivity (Wildman–Crippen MR) is 44.7 cm³/mol. The monoisotopic (exact) mass is 169 g/mol. The lowest BCUT2D eigenvalue weighted by Gasteiger charge is -2.19. The number of halogens is 2. The van der Waals surface area contributed by atoms with Gasteiger partial charge in [-0.05, 0) is 24.0 Å². The summed E-state index contributed by atoms with van der Waals surface area (Å²) in [6, 6.07) is 3.55. The maximum atomic E-state index is 13.1. The highest BCUT2D eigenvalue weighted by atomic mass is 19.1. The van der Waals surface area contributed by atoms with E-state index in [4.69, 9.17) is 0 Å². The van der Waals surface area contributed by atoms with Gasteiger partial charge >= 0.3 is 0 Å². The standard InChI is InChI=1S/C10H11F2/c1-10(2,3)8-5-4-7(11)6-9(8)12/h4-6H,1H2,2-3H3. The fraction of sp³-hybridized carbons (Fsp3) is 0.300. The summed E-state index contributed by atoms with van der Waals surface area (Å²) in [7, 11) is 0. The Labute approximate surface area is 71.2 Å². The number of rotatable bonds is 1. The van der Waals surface area contributed by atoms with Crippen LogP contribution in [0.2, 0.25) is 0 Å². The first-order chi connectivity index (χ1) is 5.41. The van der Waals surface area contributed by atoms with Crippen LogP contribution in [0, 0.1) is 18.6 Å². The van der Waals surface area contributed by atoms with Gasteiger partial charge in [-0.15, -0.1) is 0 Å². The molecule has 1 rings (SSSR count). The lowest BCUT2D eigenvalue weighted by molar-refractivity contribution is 0.537. The normalized spacial score (nSPS) is 11.8. The Morgan fingerprint density at radius 1 is 1.25 bits per heavy atom. The minimum atomic E-state index is -0.555. The van der Waals surface area contributed by atoms with Gasteiger partial charge in [0.25, 0.3) is 0 Å². The van der Waals surface area contributed by atoms with Crippen molar-refractivity contribution in [1.29, 1.82) is 0 Å². The molecule has 0 unspecified atom stereocenters. The second kappa shape index (κ2) is 2.85. The molecule has 0 amide bonds. The lowest BCUT2D eigenvalue weighted by Crippen LogP contribution is -2.13. The Hall–Kier alpha value is -0.920. The van der Waals surface area contributed by atoms with Crippen LogP contribution in [0.25, 0.3) is 0 Å². The van der Waals surface area contributed by atoms with Gasteiger partial charge in [0, 0.05) is 6.07 Å². The van der Waals surface area contributed by atoms with Crippen molar-refractivity contribution in [1.82, 2.24) is 0 Å². The fourth-order valence-electron chi connectivity index (χ4n) is 1.04. The maximum Gasteiger partial charge on any atom is 0.129 e. The van der Waals surface area contributed by atoms with Gasteiger partial charge in [-0.2, -0.15) is 0 Å². The van der Waals surface area contributed by atoms with Gasteiger partial charge in [0.15, 0.2) is 0 Å². The molecule has 0 heterocycles. The average molecular weight is 169 g/mol. The van der Waals surface area contributed by atoms with E-state index in [1.807, 2.05) is 0 Å². The van der Waals surface area contributed by atoms with Crippen molar-refractivity contribution in [2.75, 3.05) is 0 Å². The van der Waals surface area contributed by atoms with E-state index in [-0.39, 0.29) is 0 Å². The molecule has 0 aromatic heterocycles. The smallest absolute Gasteiger partial charge is 0.129 e. The Morgan fingerprint density at radius 2 is 1.83 bits per heavy atom. The van der Waals surface area contributed by atoms with Gasteiger partial charge in [0.05, 0.1) is 0 Å². The van der Waals surface area contributed by atoms with Crippen LogP contribution in [0.3, 0.4) is 0 Å². The lowest BCUT2D eigenvalue weighted by atomic mass is 9.87. The first-order valence-electron chi connectivity index (χ1n) is 3.72. The zero-order chi connectivity index (χ0) is 9.35. The number of benzene rings is 1. The van der Waals surface area contributed by atoms with Crippen LogP contribution in [0.15, 0.2) is 18.2 Å². The zero-order valence-corrected chi connectivity index (χ0v) is 7.20. The van der Waals surface area contributed by atoms with E-state index in [1.165, 1.54) is 12.1 Å². The van der Waals surface area contributed by atoms with Gasteiger partial charge in [0.1, 0.15) is 11.6 Å². The van der Waals surface area contributed by atoms with Crippen molar-refractivity contribution in [3.63, 3.8) is 0 Å². The third-order valence-electron chi connectivity index (χ3n) is 1.66. The molecule has 2 heteroatoms. The summed E-state index contributed by atoms with van der Waals surface area (Å²) in [5.41, 5.74) is -0.0819. The molecule has 0 N–H and O–H groups in total. The van der Waals surface area contributed by atoms with E-state index < -0.39 is 17.0 Å². The minimum Gasteiger partial charge on any atom is -0.207 e. The molecule has 1 aromatic carbocycles. The molecule has 0 bridgehead atoms. The first-order valence-corrected chi connectivity index (χ1v) is 3.72. The molecular weight excluding hydrogens is 158 g/mol. The maximum absolute atomic E-state index is 13.1. The van der Waals surface area contributed by atoms with Gasteiger partial charge in [0.2, 0.25) is 0 Å². The molecule has 0 fully saturated rings. The number of hydrogen-bond donors (Lipinski definition) is 0. The summed E-state index contributed by atoms with van der Waals surface area (Å²) in [4.78, 5) is 0. The molecule has 65 valence electrons. The van der Waals surface area contributed by atoms with Crippen molar-refractivity contribution in [2.24, 2.45) is 0 Å². The largest absolute Gasteiger partial charge is 0.207 e. The summed E-state index contributed by atoms with van der Waals surface area (Å²) in [6.45, 7) is 7.33. The van der Waals surface area contributed by atoms with Gasteiger partial charge < -0.3 is 0 Å². The highest BCUT2D eigenvalue weighted by molar-refractivity contribution is 5.26. The Morgan fingerprint density at radius 3 is 2.25 bits per heavy atom. The Kier molecular flexibility index (Phi) is 2.18. The van der Waals surface area contributed by atoms with E-state index in [0.29, 0.717) is 5.56 Å². The molecule has 12 heavy (non-hydrogen) atoms. The molecule has 0 saturated heterocycles. The second-order valence-corrected chi connectivity index (χ2v) is 3.51. The molecule has 0 saturated carbocycles. The summed E-state index contributed by atoms with van der Waals surface area (Å²) >= 11 is 0. The molecular formula is C10H11F2. The third kappa shape index (κ3) is 1.81. The molecule has 0 atom stereocenters. The highest BCUT2D eigenvalue weighted by Crippen LogP contribution is 2.24. The first kappa shape index (κ1) is 9.17. The number of hydrogen-bond acceptors (Lipinski definition) is 0. The second-order valence-electron chi connectivity index (χ2n) is 3.51. The van der Waals surface area contributed by atoms with Crippen molar-refractivity contribution in [2.45, 2.75) is 19.3 Å². The minimum absolute atomic E-state index is 0.434. The molecule has 0 nitrogen and oxygen atoms in total.